The van der Waals surface area contributed by atoms with Crippen LogP contribution in [0.25, 0.3) is 0 Å². The number of aliphatic hydroxyl groups is 1. The molecule has 106 valence electrons. The van der Waals surface area contributed by atoms with Crippen LogP contribution >= 0.6 is 11.8 Å². The molecule has 0 spiro atoms. The standard InChI is InChI=1S/C12H19N3O3S/c1-3-6-13-11-5-4-10(15(17)18)12(14-11)19-8-9(2)7-16/h4-5,9,16H,3,6-8H2,1-2H3,(H,13,14). The van der Waals surface area contributed by atoms with Crippen molar-refractivity contribution in [3.05, 3.63) is 22.2 Å². The van der Waals surface area contributed by atoms with Crippen LogP contribution in [0.3, 0.4) is 0 Å². The molecule has 0 saturated carbocycles. The predicted molar refractivity (Wildman–Crippen MR) is 76.6 cm³/mol. The Kier molecular flexibility index (Phi) is 6.58. The van der Waals surface area contributed by atoms with Crippen molar-refractivity contribution in [3.8, 4) is 0 Å². The second-order valence-electron chi connectivity index (χ2n) is 4.30. The molecular weight excluding hydrogens is 266 g/mol. The maximum Gasteiger partial charge on any atom is 0.301 e. The Labute approximate surface area is 116 Å². The highest BCUT2D eigenvalue weighted by Gasteiger charge is 2.17. The van der Waals surface area contributed by atoms with E-state index in [-0.39, 0.29) is 18.2 Å². The highest BCUT2D eigenvalue weighted by atomic mass is 32.2. The van der Waals surface area contributed by atoms with Gasteiger partial charge < -0.3 is 10.4 Å². The number of hydrogen-bond acceptors (Lipinski definition) is 6. The molecule has 7 heteroatoms. The molecule has 1 aromatic rings. The van der Waals surface area contributed by atoms with Gasteiger partial charge in [0.15, 0.2) is 5.03 Å². The van der Waals surface area contributed by atoms with E-state index in [4.69, 9.17) is 5.11 Å². The quantitative estimate of drug-likeness (QED) is 0.433. The molecule has 1 unspecified atom stereocenters. The number of nitrogens with one attached hydrogen (secondary N) is 1. The number of thioether (sulfide) groups is 1. The van der Waals surface area contributed by atoms with Crippen LogP contribution in [-0.2, 0) is 0 Å². The van der Waals surface area contributed by atoms with Crippen LogP contribution in [0, 0.1) is 16.0 Å². The smallest absolute Gasteiger partial charge is 0.301 e. The lowest BCUT2D eigenvalue weighted by Crippen LogP contribution is -2.06. The van der Waals surface area contributed by atoms with Crippen LogP contribution in [-0.4, -0.2) is 33.9 Å². The number of nitro groups is 1. The van der Waals surface area contributed by atoms with Gasteiger partial charge in [0, 0.05) is 25.0 Å². The molecule has 0 aliphatic carbocycles. The fourth-order valence-corrected chi connectivity index (χ4v) is 2.30. The number of hydrogen-bond donors (Lipinski definition) is 2. The third-order valence-electron chi connectivity index (χ3n) is 2.41. The summed E-state index contributed by atoms with van der Waals surface area (Å²) in [6.07, 6.45) is 0.961. The number of aliphatic hydroxyl groups excluding tert-OH is 1. The number of anilines is 1. The first-order valence-electron chi connectivity index (χ1n) is 6.21. The van der Waals surface area contributed by atoms with Crippen LogP contribution < -0.4 is 5.32 Å². The van der Waals surface area contributed by atoms with Gasteiger partial charge in [-0.2, -0.15) is 0 Å². The zero-order valence-electron chi connectivity index (χ0n) is 11.1. The molecule has 0 saturated heterocycles. The van der Waals surface area contributed by atoms with Gasteiger partial charge in [0.05, 0.1) is 4.92 Å². The number of rotatable bonds is 8. The molecule has 0 fully saturated rings. The largest absolute Gasteiger partial charge is 0.396 e. The fourth-order valence-electron chi connectivity index (χ4n) is 1.30. The van der Waals surface area contributed by atoms with E-state index in [2.05, 4.69) is 10.3 Å². The minimum Gasteiger partial charge on any atom is -0.396 e. The molecule has 0 amide bonds. The van der Waals surface area contributed by atoms with E-state index in [0.717, 1.165) is 13.0 Å². The van der Waals surface area contributed by atoms with Crippen molar-refractivity contribution >= 4 is 23.3 Å². The molecule has 0 radical (unpaired) electrons. The molecule has 0 aliphatic heterocycles. The van der Waals surface area contributed by atoms with Gasteiger partial charge in [-0.3, -0.25) is 10.1 Å². The van der Waals surface area contributed by atoms with Gasteiger partial charge >= 0.3 is 5.69 Å². The van der Waals surface area contributed by atoms with Crippen molar-refractivity contribution in [2.75, 3.05) is 24.2 Å². The number of aromatic nitrogens is 1. The summed E-state index contributed by atoms with van der Waals surface area (Å²) in [5, 5.41) is 23.4. The Morgan fingerprint density at radius 1 is 1.58 bits per heavy atom. The Hall–Kier alpha value is -1.34. The summed E-state index contributed by atoms with van der Waals surface area (Å²) >= 11 is 1.30. The lowest BCUT2D eigenvalue weighted by Gasteiger charge is -2.09. The predicted octanol–water partition coefficient (Wildman–Crippen LogP) is 2.53. The fraction of sp³-hybridized carbons (Fsp3) is 0.583. The molecule has 0 bridgehead atoms. The second kappa shape index (κ2) is 7.96. The SMILES string of the molecule is CCCNc1ccc([N+](=O)[O-])c(SCC(C)CO)n1. The van der Waals surface area contributed by atoms with Crippen LogP contribution in [0.15, 0.2) is 17.2 Å². The number of pyridine rings is 1. The molecular formula is C12H19N3O3S. The van der Waals surface area contributed by atoms with Gasteiger partial charge in [0.2, 0.25) is 0 Å². The van der Waals surface area contributed by atoms with E-state index >= 15 is 0 Å². The molecule has 1 aromatic heterocycles. The average molecular weight is 285 g/mol. The summed E-state index contributed by atoms with van der Waals surface area (Å²) in [6, 6.07) is 3.09. The third kappa shape index (κ3) is 5.04. The van der Waals surface area contributed by atoms with Crippen LogP contribution in [0.2, 0.25) is 0 Å². The molecule has 6 nitrogen and oxygen atoms in total. The second-order valence-corrected chi connectivity index (χ2v) is 5.31. The van der Waals surface area contributed by atoms with Crippen molar-refractivity contribution in [3.63, 3.8) is 0 Å². The van der Waals surface area contributed by atoms with Crippen LogP contribution in [0.5, 0.6) is 0 Å². The molecule has 1 rings (SSSR count). The third-order valence-corrected chi connectivity index (χ3v) is 3.72. The first-order chi connectivity index (χ1) is 9.08. The highest BCUT2D eigenvalue weighted by Crippen LogP contribution is 2.29. The van der Waals surface area contributed by atoms with Gasteiger partial charge in [-0.25, -0.2) is 4.98 Å². The van der Waals surface area contributed by atoms with Crippen molar-refractivity contribution in [2.45, 2.75) is 25.3 Å². The molecule has 0 aromatic carbocycles. The Morgan fingerprint density at radius 3 is 2.89 bits per heavy atom. The lowest BCUT2D eigenvalue weighted by molar-refractivity contribution is -0.388. The Bertz CT molecular complexity index is 429. The van der Waals surface area contributed by atoms with Crippen molar-refractivity contribution in [1.82, 2.24) is 4.98 Å². The summed E-state index contributed by atoms with van der Waals surface area (Å²) in [5.41, 5.74) is 0.0113. The van der Waals surface area contributed by atoms with E-state index in [1.807, 2.05) is 13.8 Å². The van der Waals surface area contributed by atoms with E-state index in [9.17, 15) is 10.1 Å². The van der Waals surface area contributed by atoms with Gasteiger partial charge in [-0.15, -0.1) is 0 Å². The van der Waals surface area contributed by atoms with Crippen molar-refractivity contribution < 1.29 is 10.0 Å². The molecule has 19 heavy (non-hydrogen) atoms. The normalized spacial score (nSPS) is 12.2. The lowest BCUT2D eigenvalue weighted by atomic mass is 10.2. The molecule has 0 aliphatic rings. The summed E-state index contributed by atoms with van der Waals surface area (Å²) in [6.45, 7) is 4.77. The highest BCUT2D eigenvalue weighted by molar-refractivity contribution is 7.99. The average Bonchev–Trinajstić information content (AvgIpc) is 2.42. The monoisotopic (exact) mass is 285 g/mol. The topological polar surface area (TPSA) is 88.3 Å². The summed E-state index contributed by atoms with van der Waals surface area (Å²) < 4.78 is 0. The molecule has 2 N–H and O–H groups in total. The zero-order valence-corrected chi connectivity index (χ0v) is 11.9. The maximum absolute atomic E-state index is 10.9. The summed E-state index contributed by atoms with van der Waals surface area (Å²) in [5.74, 6) is 1.33. The van der Waals surface area contributed by atoms with Gasteiger partial charge in [-0.05, 0) is 18.4 Å². The van der Waals surface area contributed by atoms with E-state index in [1.54, 1.807) is 6.07 Å². The van der Waals surface area contributed by atoms with E-state index in [0.29, 0.717) is 16.6 Å². The first-order valence-corrected chi connectivity index (χ1v) is 7.20. The summed E-state index contributed by atoms with van der Waals surface area (Å²) in [4.78, 5) is 14.8. The van der Waals surface area contributed by atoms with E-state index in [1.165, 1.54) is 17.8 Å². The van der Waals surface area contributed by atoms with Gasteiger partial charge in [0.25, 0.3) is 0 Å². The first kappa shape index (κ1) is 15.7. The Morgan fingerprint density at radius 2 is 2.32 bits per heavy atom. The zero-order chi connectivity index (χ0) is 14.3. The van der Waals surface area contributed by atoms with Crippen molar-refractivity contribution in [2.24, 2.45) is 5.92 Å². The summed E-state index contributed by atoms with van der Waals surface area (Å²) in [7, 11) is 0. The van der Waals surface area contributed by atoms with Crippen molar-refractivity contribution in [1.29, 1.82) is 0 Å². The molecule has 1 heterocycles. The van der Waals surface area contributed by atoms with Crippen LogP contribution in [0.4, 0.5) is 11.5 Å². The minimum atomic E-state index is -0.428. The minimum absolute atomic E-state index is 0.0113. The Balaban J connectivity index is 2.85. The van der Waals surface area contributed by atoms with Crippen LogP contribution in [0.1, 0.15) is 20.3 Å². The van der Waals surface area contributed by atoms with E-state index < -0.39 is 4.92 Å². The maximum atomic E-state index is 10.9. The van der Waals surface area contributed by atoms with Gasteiger partial charge in [-0.1, -0.05) is 25.6 Å². The molecule has 1 atom stereocenters. The number of nitrogens with zero attached hydrogens (tertiary/aromatic N) is 2. The van der Waals surface area contributed by atoms with Gasteiger partial charge in [0.1, 0.15) is 5.82 Å².